The van der Waals surface area contributed by atoms with Gasteiger partial charge in [0.15, 0.2) is 6.61 Å². The Hall–Kier alpha value is -3.25. The summed E-state index contributed by atoms with van der Waals surface area (Å²) in [5.41, 5.74) is 1.41. The fourth-order valence-electron chi connectivity index (χ4n) is 3.14. The van der Waals surface area contributed by atoms with Gasteiger partial charge in [-0.1, -0.05) is 29.8 Å². The lowest BCUT2D eigenvalue weighted by Gasteiger charge is -2.13. The average molecular weight is 412 g/mol. The third-order valence-electron chi connectivity index (χ3n) is 4.61. The Morgan fingerprint density at radius 2 is 1.93 bits per heavy atom. The van der Waals surface area contributed by atoms with Gasteiger partial charge in [0, 0.05) is 22.9 Å². The van der Waals surface area contributed by atoms with Gasteiger partial charge in [0.1, 0.15) is 22.7 Å². The zero-order valence-electron chi connectivity index (χ0n) is 15.8. The molecule has 6 nitrogen and oxygen atoms in total. The zero-order valence-corrected chi connectivity index (χ0v) is 16.6. The molecule has 0 unspecified atom stereocenters. The van der Waals surface area contributed by atoms with Gasteiger partial charge < -0.3 is 18.9 Å². The molecule has 2 aromatic carbocycles. The molecular weight excluding hydrogens is 394 g/mol. The molecule has 7 heteroatoms. The summed E-state index contributed by atoms with van der Waals surface area (Å²) in [6.45, 7) is 3.38. The van der Waals surface area contributed by atoms with Gasteiger partial charge in [0.25, 0.3) is 5.91 Å². The number of ether oxygens (including phenoxy) is 1. The van der Waals surface area contributed by atoms with E-state index in [-0.39, 0.29) is 24.3 Å². The second-order valence-corrected chi connectivity index (χ2v) is 7.20. The standard InChI is InChI=1S/C22H18ClNO5/c1-12-7-22(26)29-19-10-20(16(23)9-15(12)19)27-11-21(25)24-13(2)18-8-14-5-3-4-6-17(14)28-18/h3-10,13H,11H2,1-2H3,(H,24,25)/t13-/m1/s1. The summed E-state index contributed by atoms with van der Waals surface area (Å²) in [4.78, 5) is 23.9. The van der Waals surface area contributed by atoms with Crippen LogP contribution in [0, 0.1) is 6.92 Å². The minimum atomic E-state index is -0.458. The first-order valence-electron chi connectivity index (χ1n) is 9.05. The Bertz CT molecular complexity index is 1240. The SMILES string of the molecule is Cc1cc(=O)oc2cc(OCC(=O)N[C@H](C)c3cc4ccccc4o3)c(Cl)cc12. The molecule has 0 spiro atoms. The van der Waals surface area contributed by atoms with Crippen LogP contribution in [0.15, 0.2) is 62.2 Å². The zero-order chi connectivity index (χ0) is 20.5. The minimum Gasteiger partial charge on any atom is -0.482 e. The molecule has 4 aromatic rings. The Morgan fingerprint density at radius 3 is 2.72 bits per heavy atom. The summed E-state index contributed by atoms with van der Waals surface area (Å²) in [5.74, 6) is 0.583. The van der Waals surface area contributed by atoms with E-state index in [4.69, 9.17) is 25.2 Å². The quantitative estimate of drug-likeness (QED) is 0.479. The molecule has 0 aliphatic carbocycles. The largest absolute Gasteiger partial charge is 0.482 e. The molecule has 0 bridgehead atoms. The fraction of sp³-hybridized carbons (Fsp3) is 0.182. The maximum atomic E-state index is 12.3. The number of hydrogen-bond donors (Lipinski definition) is 1. The predicted octanol–water partition coefficient (Wildman–Crippen LogP) is 4.76. The van der Waals surface area contributed by atoms with Crippen molar-refractivity contribution in [1.29, 1.82) is 0 Å². The van der Waals surface area contributed by atoms with E-state index in [9.17, 15) is 9.59 Å². The van der Waals surface area contributed by atoms with Crippen LogP contribution in [0.4, 0.5) is 0 Å². The molecule has 0 saturated carbocycles. The maximum absolute atomic E-state index is 12.3. The van der Waals surface area contributed by atoms with Gasteiger partial charge in [0.05, 0.1) is 11.1 Å². The van der Waals surface area contributed by atoms with E-state index < -0.39 is 5.63 Å². The molecule has 2 aromatic heterocycles. The van der Waals surface area contributed by atoms with Gasteiger partial charge in [-0.2, -0.15) is 0 Å². The van der Waals surface area contributed by atoms with Crippen LogP contribution in [0.3, 0.4) is 0 Å². The number of fused-ring (bicyclic) bond motifs is 2. The Balaban J connectivity index is 1.45. The Kier molecular flexibility index (Phi) is 5.03. The lowest BCUT2D eigenvalue weighted by molar-refractivity contribution is -0.123. The van der Waals surface area contributed by atoms with Crippen LogP contribution < -0.4 is 15.7 Å². The number of aryl methyl sites for hydroxylation is 1. The van der Waals surface area contributed by atoms with Gasteiger partial charge >= 0.3 is 5.63 Å². The maximum Gasteiger partial charge on any atom is 0.336 e. The molecule has 29 heavy (non-hydrogen) atoms. The highest BCUT2D eigenvalue weighted by molar-refractivity contribution is 6.32. The average Bonchev–Trinajstić information content (AvgIpc) is 3.11. The topological polar surface area (TPSA) is 81.7 Å². The summed E-state index contributed by atoms with van der Waals surface area (Å²) >= 11 is 6.25. The van der Waals surface area contributed by atoms with E-state index in [1.807, 2.05) is 37.3 Å². The van der Waals surface area contributed by atoms with Gasteiger partial charge in [0.2, 0.25) is 0 Å². The third kappa shape index (κ3) is 3.98. The van der Waals surface area contributed by atoms with E-state index in [1.54, 1.807) is 13.0 Å². The van der Waals surface area contributed by atoms with E-state index in [0.29, 0.717) is 21.8 Å². The van der Waals surface area contributed by atoms with E-state index in [2.05, 4.69) is 5.32 Å². The van der Waals surface area contributed by atoms with Crippen molar-refractivity contribution in [2.45, 2.75) is 19.9 Å². The van der Waals surface area contributed by atoms with Crippen LogP contribution >= 0.6 is 11.6 Å². The summed E-state index contributed by atoms with van der Waals surface area (Å²) in [5, 5.41) is 4.84. The Morgan fingerprint density at radius 1 is 1.14 bits per heavy atom. The lowest BCUT2D eigenvalue weighted by atomic mass is 10.1. The summed E-state index contributed by atoms with van der Waals surface area (Å²) in [6, 6.07) is 13.8. The molecule has 2 heterocycles. The highest BCUT2D eigenvalue weighted by Crippen LogP contribution is 2.31. The normalized spacial score (nSPS) is 12.2. The van der Waals surface area contributed by atoms with Crippen LogP contribution in [0.1, 0.15) is 24.3 Å². The van der Waals surface area contributed by atoms with Gasteiger partial charge in [-0.25, -0.2) is 4.79 Å². The van der Waals surface area contributed by atoms with Gasteiger partial charge in [-0.05, 0) is 37.6 Å². The van der Waals surface area contributed by atoms with Crippen LogP contribution in [0.2, 0.25) is 5.02 Å². The molecule has 4 rings (SSSR count). The Labute approximate surface area is 171 Å². The van der Waals surface area contributed by atoms with Crippen molar-refractivity contribution in [3.8, 4) is 5.75 Å². The first-order valence-corrected chi connectivity index (χ1v) is 9.43. The number of carbonyl (C=O) groups excluding carboxylic acids is 1. The van der Waals surface area contributed by atoms with Gasteiger partial charge in [-0.3, -0.25) is 4.79 Å². The van der Waals surface area contributed by atoms with Crippen molar-refractivity contribution in [3.63, 3.8) is 0 Å². The molecule has 148 valence electrons. The lowest BCUT2D eigenvalue weighted by Crippen LogP contribution is -2.31. The fourth-order valence-corrected chi connectivity index (χ4v) is 3.36. The predicted molar refractivity (Wildman–Crippen MR) is 110 cm³/mol. The highest BCUT2D eigenvalue weighted by atomic mass is 35.5. The van der Waals surface area contributed by atoms with Crippen molar-refractivity contribution >= 4 is 39.4 Å². The third-order valence-corrected chi connectivity index (χ3v) is 4.91. The number of nitrogens with one attached hydrogen (secondary N) is 1. The summed E-state index contributed by atoms with van der Waals surface area (Å²) in [6.07, 6.45) is 0. The van der Waals surface area contributed by atoms with E-state index in [1.165, 1.54) is 12.1 Å². The first kappa shape index (κ1) is 19.1. The number of para-hydroxylation sites is 1. The molecule has 0 radical (unpaired) electrons. The number of furan rings is 1. The number of amides is 1. The molecule has 0 fully saturated rings. The summed E-state index contributed by atoms with van der Waals surface area (Å²) in [7, 11) is 0. The molecule has 1 N–H and O–H groups in total. The van der Waals surface area contributed by atoms with Crippen LogP contribution in [0.5, 0.6) is 5.75 Å². The minimum absolute atomic E-state index is 0.244. The van der Waals surface area contributed by atoms with Crippen molar-refractivity contribution in [2.75, 3.05) is 6.61 Å². The van der Waals surface area contributed by atoms with Crippen LogP contribution in [0.25, 0.3) is 21.9 Å². The van der Waals surface area contributed by atoms with E-state index >= 15 is 0 Å². The van der Waals surface area contributed by atoms with Crippen molar-refractivity contribution in [2.24, 2.45) is 0 Å². The molecule has 0 aliphatic rings. The molecule has 0 aliphatic heterocycles. The number of halogens is 1. The number of rotatable bonds is 5. The number of benzene rings is 2. The monoisotopic (exact) mass is 411 g/mol. The van der Waals surface area contributed by atoms with Gasteiger partial charge in [-0.15, -0.1) is 0 Å². The van der Waals surface area contributed by atoms with Crippen molar-refractivity contribution < 1.29 is 18.4 Å². The molecule has 0 saturated heterocycles. The number of carbonyl (C=O) groups is 1. The van der Waals surface area contributed by atoms with Crippen LogP contribution in [-0.4, -0.2) is 12.5 Å². The molecule has 1 amide bonds. The smallest absolute Gasteiger partial charge is 0.336 e. The highest BCUT2D eigenvalue weighted by Gasteiger charge is 2.16. The van der Waals surface area contributed by atoms with Crippen LogP contribution in [-0.2, 0) is 4.79 Å². The molecule has 1 atom stereocenters. The number of hydrogen-bond acceptors (Lipinski definition) is 5. The van der Waals surface area contributed by atoms with E-state index in [0.717, 1.165) is 16.5 Å². The van der Waals surface area contributed by atoms with Crippen molar-refractivity contribution in [3.05, 3.63) is 75.3 Å². The second kappa shape index (κ2) is 7.64. The summed E-state index contributed by atoms with van der Waals surface area (Å²) < 4.78 is 16.5. The first-order chi connectivity index (χ1) is 13.9. The molecular formula is C22H18ClNO5. The van der Waals surface area contributed by atoms with Crippen molar-refractivity contribution in [1.82, 2.24) is 5.32 Å². The second-order valence-electron chi connectivity index (χ2n) is 6.79.